The summed E-state index contributed by atoms with van der Waals surface area (Å²) in [6.45, 7) is 1.34. The molecule has 0 aromatic heterocycles. The highest BCUT2D eigenvalue weighted by Gasteiger charge is 2.40. The van der Waals surface area contributed by atoms with Gasteiger partial charge in [-0.25, -0.2) is 0 Å². The number of hydrogen-bond acceptors (Lipinski definition) is 2. The predicted octanol–water partition coefficient (Wildman–Crippen LogP) is 3.02. The minimum absolute atomic E-state index is 0.0347. The van der Waals surface area contributed by atoms with E-state index in [4.69, 9.17) is 0 Å². The monoisotopic (exact) mass is 340 g/mol. The molecule has 25 heavy (non-hydrogen) atoms. The maximum absolute atomic E-state index is 12.8. The van der Waals surface area contributed by atoms with E-state index in [1.807, 2.05) is 4.90 Å². The zero-order valence-electron chi connectivity index (χ0n) is 14.9. The zero-order valence-corrected chi connectivity index (χ0v) is 14.9. The highest BCUT2D eigenvalue weighted by molar-refractivity contribution is 5.84. The smallest absolute Gasteiger partial charge is 0.224 e. The highest BCUT2D eigenvalue weighted by atomic mass is 16.2. The number of rotatable bonds is 5. The first kappa shape index (κ1) is 16.6. The molecule has 134 valence electrons. The Morgan fingerprint density at radius 2 is 1.84 bits per heavy atom. The third-order valence-electron chi connectivity index (χ3n) is 6.35. The Bertz CT molecular complexity index is 633. The molecule has 1 aromatic carbocycles. The van der Waals surface area contributed by atoms with Crippen molar-refractivity contribution in [2.45, 2.75) is 62.8 Å². The number of likely N-dealkylation sites (tertiary alicyclic amines) is 1. The van der Waals surface area contributed by atoms with Crippen molar-refractivity contribution >= 4 is 11.8 Å². The number of hydrogen-bond donors (Lipinski definition) is 1. The van der Waals surface area contributed by atoms with Gasteiger partial charge in [0.25, 0.3) is 0 Å². The van der Waals surface area contributed by atoms with E-state index in [0.717, 1.165) is 32.2 Å². The normalized spacial score (nSPS) is 25.8. The number of carbonyl (C=O) groups is 2. The van der Waals surface area contributed by atoms with Crippen molar-refractivity contribution in [3.63, 3.8) is 0 Å². The third kappa shape index (κ3) is 3.44. The van der Waals surface area contributed by atoms with Gasteiger partial charge in [-0.3, -0.25) is 9.59 Å². The summed E-state index contributed by atoms with van der Waals surface area (Å²) in [6, 6.07) is 11.1. The van der Waals surface area contributed by atoms with Crippen LogP contribution in [0.3, 0.4) is 0 Å². The molecule has 3 fully saturated rings. The second kappa shape index (κ2) is 6.81. The minimum atomic E-state index is -0.0347. The molecule has 2 aliphatic carbocycles. The van der Waals surface area contributed by atoms with Crippen molar-refractivity contribution in [2.75, 3.05) is 13.1 Å². The van der Waals surface area contributed by atoms with Crippen molar-refractivity contribution in [3.8, 4) is 0 Å². The number of carbonyl (C=O) groups excluding carboxylic acids is 2. The molecule has 1 heterocycles. The van der Waals surface area contributed by atoms with E-state index in [2.05, 4.69) is 35.6 Å². The van der Waals surface area contributed by atoms with Crippen LogP contribution in [0.4, 0.5) is 0 Å². The van der Waals surface area contributed by atoms with Gasteiger partial charge in [0.2, 0.25) is 11.8 Å². The lowest BCUT2D eigenvalue weighted by molar-refractivity contribution is -0.138. The van der Waals surface area contributed by atoms with Gasteiger partial charge in [0, 0.05) is 31.0 Å². The summed E-state index contributed by atoms with van der Waals surface area (Å²) in [6.07, 6.45) is 8.21. The molecule has 1 atom stereocenters. The van der Waals surface area contributed by atoms with Crippen LogP contribution >= 0.6 is 0 Å². The Balaban J connectivity index is 1.39. The van der Waals surface area contributed by atoms with Gasteiger partial charge in [0.1, 0.15) is 0 Å². The topological polar surface area (TPSA) is 49.4 Å². The second-order valence-electron chi connectivity index (χ2n) is 8.08. The Morgan fingerprint density at radius 1 is 1.12 bits per heavy atom. The quantitative estimate of drug-likeness (QED) is 0.896. The molecular weight excluding hydrogens is 312 g/mol. The molecule has 0 spiro atoms. The van der Waals surface area contributed by atoms with Gasteiger partial charge in [-0.05, 0) is 37.7 Å². The van der Waals surface area contributed by atoms with E-state index < -0.39 is 0 Å². The lowest BCUT2D eigenvalue weighted by Gasteiger charge is -2.34. The molecule has 2 saturated carbocycles. The number of benzene rings is 1. The van der Waals surface area contributed by atoms with E-state index >= 15 is 0 Å². The van der Waals surface area contributed by atoms with Crippen LogP contribution in [0.1, 0.15) is 56.9 Å². The molecule has 4 rings (SSSR count). The van der Waals surface area contributed by atoms with Gasteiger partial charge in [0.15, 0.2) is 0 Å². The van der Waals surface area contributed by atoms with Gasteiger partial charge in [-0.2, -0.15) is 0 Å². The van der Waals surface area contributed by atoms with Crippen LogP contribution in [-0.2, 0) is 15.0 Å². The zero-order chi connectivity index (χ0) is 17.3. The summed E-state index contributed by atoms with van der Waals surface area (Å²) < 4.78 is 0. The molecule has 0 bridgehead atoms. The van der Waals surface area contributed by atoms with Gasteiger partial charge < -0.3 is 10.2 Å². The van der Waals surface area contributed by atoms with Crippen molar-refractivity contribution in [1.82, 2.24) is 10.2 Å². The molecule has 1 aliphatic heterocycles. The lowest BCUT2D eigenvalue weighted by atomic mass is 9.78. The molecule has 4 nitrogen and oxygen atoms in total. The highest BCUT2D eigenvalue weighted by Crippen LogP contribution is 2.40. The molecule has 3 aliphatic rings. The molecule has 0 unspecified atom stereocenters. The number of nitrogens with one attached hydrogen (secondary N) is 1. The lowest BCUT2D eigenvalue weighted by Crippen LogP contribution is -2.48. The Kier molecular flexibility index (Phi) is 4.53. The molecule has 1 N–H and O–H groups in total. The summed E-state index contributed by atoms with van der Waals surface area (Å²) in [4.78, 5) is 26.8. The van der Waals surface area contributed by atoms with Gasteiger partial charge in [-0.15, -0.1) is 0 Å². The summed E-state index contributed by atoms with van der Waals surface area (Å²) >= 11 is 0. The van der Waals surface area contributed by atoms with Crippen molar-refractivity contribution in [3.05, 3.63) is 35.9 Å². The van der Waals surface area contributed by atoms with Crippen LogP contribution in [-0.4, -0.2) is 35.8 Å². The maximum atomic E-state index is 12.8. The standard InChI is InChI=1S/C21H28N2O2/c24-19-11-8-16(14-23(19)18-9-10-18)20(25)22-15-21(12-4-5-13-21)17-6-2-1-3-7-17/h1-3,6-7,16,18H,4-5,8-15H2,(H,22,25)/t16-/m1/s1. The molecule has 0 radical (unpaired) electrons. The average molecular weight is 340 g/mol. The average Bonchev–Trinajstić information content (AvgIpc) is 3.38. The number of piperidine rings is 1. The molecular formula is C21H28N2O2. The van der Waals surface area contributed by atoms with E-state index in [1.54, 1.807) is 0 Å². The van der Waals surface area contributed by atoms with E-state index in [1.165, 1.54) is 18.4 Å². The van der Waals surface area contributed by atoms with Crippen molar-refractivity contribution in [2.24, 2.45) is 5.92 Å². The first-order valence-corrected chi connectivity index (χ1v) is 9.81. The molecule has 4 heteroatoms. The number of amides is 2. The summed E-state index contributed by atoms with van der Waals surface area (Å²) in [5.41, 5.74) is 1.45. The van der Waals surface area contributed by atoms with Crippen LogP contribution < -0.4 is 5.32 Å². The van der Waals surface area contributed by atoms with Crippen molar-refractivity contribution in [1.29, 1.82) is 0 Å². The van der Waals surface area contributed by atoms with Gasteiger partial charge in [0.05, 0.1) is 5.92 Å². The Morgan fingerprint density at radius 3 is 2.52 bits per heavy atom. The third-order valence-corrected chi connectivity index (χ3v) is 6.35. The SMILES string of the molecule is O=C(NCC1(c2ccccc2)CCCC1)[C@@H]1CCC(=O)N(C2CC2)C1. The Hall–Kier alpha value is -1.84. The van der Waals surface area contributed by atoms with E-state index in [-0.39, 0.29) is 23.1 Å². The van der Waals surface area contributed by atoms with Crippen LogP contribution in [0.2, 0.25) is 0 Å². The fraction of sp³-hybridized carbons (Fsp3) is 0.619. The molecule has 2 amide bonds. The second-order valence-corrected chi connectivity index (χ2v) is 8.08. The van der Waals surface area contributed by atoms with E-state index in [9.17, 15) is 9.59 Å². The fourth-order valence-corrected chi connectivity index (χ4v) is 4.64. The summed E-state index contributed by atoms with van der Waals surface area (Å²) in [5.74, 6) is 0.344. The maximum Gasteiger partial charge on any atom is 0.224 e. The summed E-state index contributed by atoms with van der Waals surface area (Å²) in [5, 5.41) is 3.25. The van der Waals surface area contributed by atoms with Crippen LogP contribution in [0, 0.1) is 5.92 Å². The predicted molar refractivity (Wildman–Crippen MR) is 97.1 cm³/mol. The molecule has 1 saturated heterocycles. The first-order chi connectivity index (χ1) is 12.2. The number of nitrogens with zero attached hydrogens (tertiary/aromatic N) is 1. The first-order valence-electron chi connectivity index (χ1n) is 9.81. The van der Waals surface area contributed by atoms with Gasteiger partial charge >= 0.3 is 0 Å². The minimum Gasteiger partial charge on any atom is -0.355 e. The van der Waals surface area contributed by atoms with E-state index in [0.29, 0.717) is 25.4 Å². The van der Waals surface area contributed by atoms with Gasteiger partial charge in [-0.1, -0.05) is 43.2 Å². The fourth-order valence-electron chi connectivity index (χ4n) is 4.64. The molecule has 1 aromatic rings. The van der Waals surface area contributed by atoms with Crippen molar-refractivity contribution < 1.29 is 9.59 Å². The van der Waals surface area contributed by atoms with Crippen LogP contribution in [0.25, 0.3) is 0 Å². The van der Waals surface area contributed by atoms with Crippen LogP contribution in [0.15, 0.2) is 30.3 Å². The van der Waals surface area contributed by atoms with Crippen LogP contribution in [0.5, 0.6) is 0 Å². The largest absolute Gasteiger partial charge is 0.355 e. The Labute approximate surface area is 150 Å². The summed E-state index contributed by atoms with van der Waals surface area (Å²) in [7, 11) is 0.